The topological polar surface area (TPSA) is 95.5 Å². The van der Waals surface area contributed by atoms with E-state index in [1.807, 2.05) is 0 Å². The van der Waals surface area contributed by atoms with Crippen LogP contribution in [0.2, 0.25) is 0 Å². The van der Waals surface area contributed by atoms with E-state index in [-0.39, 0.29) is 17.2 Å². The summed E-state index contributed by atoms with van der Waals surface area (Å²) in [5, 5.41) is -0.0837. The summed E-state index contributed by atoms with van der Waals surface area (Å²) in [6, 6.07) is 1.39. The van der Waals surface area contributed by atoms with Crippen molar-refractivity contribution in [2.45, 2.75) is 48.3 Å². The molecule has 2 saturated heterocycles. The van der Waals surface area contributed by atoms with Crippen LogP contribution in [0.4, 0.5) is 0 Å². The molecule has 0 aliphatic carbocycles. The number of sulfone groups is 1. The summed E-state index contributed by atoms with van der Waals surface area (Å²) in [5.41, 5.74) is -0.559. The zero-order chi connectivity index (χ0) is 16.0. The molecule has 3 rings (SSSR count). The van der Waals surface area contributed by atoms with E-state index in [0.29, 0.717) is 18.5 Å². The number of methoxy groups -OCH3 is 1. The lowest BCUT2D eigenvalue weighted by Crippen LogP contribution is -2.46. The van der Waals surface area contributed by atoms with Crippen molar-refractivity contribution >= 4 is 15.8 Å². The number of hydrogen-bond acceptors (Lipinski definition) is 7. The Balaban J connectivity index is 2.09. The molecule has 8 heteroatoms. The quantitative estimate of drug-likeness (QED) is 0.594. The van der Waals surface area contributed by atoms with Gasteiger partial charge in [-0.05, 0) is 31.7 Å². The van der Waals surface area contributed by atoms with Crippen molar-refractivity contribution in [3.63, 3.8) is 0 Å². The van der Waals surface area contributed by atoms with Crippen LogP contribution in [0, 0.1) is 0 Å². The number of hydrogen-bond donors (Lipinski definition) is 0. The molecule has 0 radical (unpaired) electrons. The van der Waals surface area contributed by atoms with E-state index in [0.717, 1.165) is 19.1 Å². The average molecular weight is 326 g/mol. The maximum atomic E-state index is 12.5. The molecule has 2 unspecified atom stereocenters. The zero-order valence-electron chi connectivity index (χ0n) is 12.5. The van der Waals surface area contributed by atoms with Gasteiger partial charge in [-0.3, -0.25) is 4.79 Å². The van der Waals surface area contributed by atoms with E-state index in [4.69, 9.17) is 9.47 Å². The van der Waals surface area contributed by atoms with Crippen LogP contribution >= 0.6 is 0 Å². The maximum Gasteiger partial charge on any atom is 0.318 e. The molecule has 3 heterocycles. The van der Waals surface area contributed by atoms with E-state index in [1.165, 1.54) is 19.5 Å². The second-order valence-electron chi connectivity index (χ2n) is 5.95. The fourth-order valence-electron chi connectivity index (χ4n) is 3.42. The lowest BCUT2D eigenvalue weighted by molar-refractivity contribution is -0.155. The Morgan fingerprint density at radius 1 is 1.32 bits per heavy atom. The molecule has 2 aliphatic rings. The molecule has 0 aromatic carbocycles. The molecule has 1 aromatic rings. The van der Waals surface area contributed by atoms with Crippen LogP contribution in [0.5, 0.6) is 0 Å². The number of carbonyl (C=O) groups is 1. The van der Waals surface area contributed by atoms with E-state index >= 15 is 0 Å². The van der Waals surface area contributed by atoms with Crippen molar-refractivity contribution in [3.8, 4) is 0 Å². The summed E-state index contributed by atoms with van der Waals surface area (Å²) < 4.78 is 34.2. The Labute approximate surface area is 129 Å². The smallest absolute Gasteiger partial charge is 0.318 e. The molecule has 22 heavy (non-hydrogen) atoms. The Morgan fingerprint density at radius 3 is 2.50 bits per heavy atom. The monoisotopic (exact) mass is 326 g/mol. The molecule has 0 saturated carbocycles. The van der Waals surface area contributed by atoms with Gasteiger partial charge in [0.15, 0.2) is 14.9 Å². The first kappa shape index (κ1) is 15.4. The van der Waals surface area contributed by atoms with Gasteiger partial charge in [0.2, 0.25) is 0 Å². The molecule has 2 aliphatic heterocycles. The molecular weight excluding hydrogens is 308 g/mol. The zero-order valence-corrected chi connectivity index (χ0v) is 13.3. The van der Waals surface area contributed by atoms with Crippen LogP contribution in [-0.2, 0) is 29.5 Å². The Kier molecular flexibility index (Phi) is 3.68. The summed E-state index contributed by atoms with van der Waals surface area (Å²) in [7, 11) is -2.14. The van der Waals surface area contributed by atoms with Gasteiger partial charge in [-0.25, -0.2) is 18.4 Å². The molecule has 7 nitrogen and oxygen atoms in total. The van der Waals surface area contributed by atoms with Gasteiger partial charge in [-0.2, -0.15) is 0 Å². The third-order valence-electron chi connectivity index (χ3n) is 4.44. The van der Waals surface area contributed by atoms with Gasteiger partial charge in [0.05, 0.1) is 25.0 Å². The maximum absolute atomic E-state index is 12.5. The Morgan fingerprint density at radius 2 is 1.95 bits per heavy atom. The van der Waals surface area contributed by atoms with Crippen molar-refractivity contribution < 1.29 is 22.7 Å². The number of rotatable bonds is 3. The van der Waals surface area contributed by atoms with Gasteiger partial charge >= 0.3 is 5.97 Å². The first-order valence-electron chi connectivity index (χ1n) is 7.11. The van der Waals surface area contributed by atoms with Crippen molar-refractivity contribution in [1.29, 1.82) is 0 Å². The number of nitrogens with zero attached hydrogens (tertiary/aromatic N) is 2. The lowest BCUT2D eigenvalue weighted by atomic mass is 9.74. The first-order chi connectivity index (χ1) is 10.3. The van der Waals surface area contributed by atoms with Crippen LogP contribution in [0.1, 0.15) is 31.4 Å². The standard InChI is InChI=1S/C14H18N2O5S/c1-20-13(17)14(6-9-3-4-10(7-14)21-9)11-5-12(16-8-15-11)22(2,18)19/h5,8-10H,3-4,6-7H2,1-2H3. The fraction of sp³-hybridized carbons (Fsp3) is 0.643. The highest BCUT2D eigenvalue weighted by atomic mass is 32.2. The van der Waals surface area contributed by atoms with Crippen LogP contribution in [-0.4, -0.2) is 49.9 Å². The van der Waals surface area contributed by atoms with Crippen molar-refractivity contribution in [2.75, 3.05) is 13.4 Å². The van der Waals surface area contributed by atoms with Gasteiger partial charge in [-0.15, -0.1) is 0 Å². The Hall–Kier alpha value is -1.54. The number of fused-ring (bicyclic) bond motifs is 2. The second kappa shape index (κ2) is 5.27. The van der Waals surface area contributed by atoms with Gasteiger partial charge in [0, 0.05) is 6.26 Å². The van der Waals surface area contributed by atoms with Gasteiger partial charge in [0.25, 0.3) is 0 Å². The van der Waals surface area contributed by atoms with Crippen molar-refractivity contribution in [3.05, 3.63) is 18.1 Å². The van der Waals surface area contributed by atoms with Gasteiger partial charge < -0.3 is 9.47 Å². The minimum Gasteiger partial charge on any atom is -0.468 e. The summed E-state index contributed by atoms with van der Waals surface area (Å²) >= 11 is 0. The average Bonchev–Trinajstić information content (AvgIpc) is 2.84. The summed E-state index contributed by atoms with van der Waals surface area (Å²) in [4.78, 5) is 20.5. The molecule has 2 bridgehead atoms. The van der Waals surface area contributed by atoms with Crippen LogP contribution < -0.4 is 0 Å². The third kappa shape index (κ3) is 2.50. The summed E-state index contributed by atoms with van der Waals surface area (Å²) in [5.74, 6) is -0.397. The molecule has 120 valence electrons. The minimum absolute atomic E-state index is 0.0190. The molecule has 0 N–H and O–H groups in total. The SMILES string of the molecule is COC(=O)C1(c2cc(S(C)(=O)=O)ncn2)CC2CCC(C1)O2. The lowest BCUT2D eigenvalue weighted by Gasteiger charge is -2.37. The predicted octanol–water partition coefficient (Wildman–Crippen LogP) is 0.632. The predicted molar refractivity (Wildman–Crippen MR) is 76.0 cm³/mol. The van der Waals surface area contributed by atoms with Crippen molar-refractivity contribution in [2.24, 2.45) is 0 Å². The highest BCUT2D eigenvalue weighted by Gasteiger charge is 2.52. The van der Waals surface area contributed by atoms with E-state index in [9.17, 15) is 13.2 Å². The molecule has 2 atom stereocenters. The molecule has 2 fully saturated rings. The molecule has 0 spiro atoms. The molecule has 0 amide bonds. The Bertz CT molecular complexity index is 691. The third-order valence-corrected chi connectivity index (χ3v) is 5.42. The minimum atomic E-state index is -3.47. The number of ether oxygens (including phenoxy) is 2. The summed E-state index contributed by atoms with van der Waals surface area (Å²) in [6.07, 6.45) is 4.93. The summed E-state index contributed by atoms with van der Waals surface area (Å²) in [6.45, 7) is 0. The van der Waals surface area contributed by atoms with E-state index in [1.54, 1.807) is 0 Å². The highest BCUT2D eigenvalue weighted by molar-refractivity contribution is 7.90. The molecule has 1 aromatic heterocycles. The van der Waals surface area contributed by atoms with Gasteiger partial charge in [0.1, 0.15) is 11.7 Å². The highest BCUT2D eigenvalue weighted by Crippen LogP contribution is 2.45. The normalized spacial score (nSPS) is 31.0. The number of carbonyl (C=O) groups excluding carboxylic acids is 1. The fourth-order valence-corrected chi connectivity index (χ4v) is 3.99. The van der Waals surface area contributed by atoms with Crippen molar-refractivity contribution in [1.82, 2.24) is 9.97 Å². The largest absolute Gasteiger partial charge is 0.468 e. The number of esters is 1. The van der Waals surface area contributed by atoms with E-state index < -0.39 is 21.2 Å². The molecular formula is C14H18N2O5S. The van der Waals surface area contributed by atoms with Gasteiger partial charge in [-0.1, -0.05) is 0 Å². The van der Waals surface area contributed by atoms with Crippen LogP contribution in [0.25, 0.3) is 0 Å². The second-order valence-corrected chi connectivity index (χ2v) is 7.92. The van der Waals surface area contributed by atoms with Crippen LogP contribution in [0.15, 0.2) is 17.4 Å². The first-order valence-corrected chi connectivity index (χ1v) is 9.01. The van der Waals surface area contributed by atoms with E-state index in [2.05, 4.69) is 9.97 Å². The van der Waals surface area contributed by atoms with Crippen LogP contribution in [0.3, 0.4) is 0 Å². The number of aromatic nitrogens is 2.